The molecule has 4 heteroatoms. The minimum Gasteiger partial charge on any atom is -0.493 e. The average Bonchev–Trinajstić information content (AvgIpc) is 2.32. The lowest BCUT2D eigenvalue weighted by Crippen LogP contribution is -2.16. The number of hydrogen-bond donors (Lipinski definition) is 2. The molecule has 1 aromatic rings. The minimum absolute atomic E-state index is 0.322. The Balaban J connectivity index is 2.74. The number of benzene rings is 1. The summed E-state index contributed by atoms with van der Waals surface area (Å²) in [6.45, 7) is 8.32. The van der Waals surface area contributed by atoms with Crippen molar-refractivity contribution in [3.63, 3.8) is 0 Å². The molecule has 2 N–H and O–H groups in total. The number of nitrogens with one attached hydrogen (secondary N) is 1. The van der Waals surface area contributed by atoms with Crippen LogP contribution in [0.3, 0.4) is 0 Å². The lowest BCUT2D eigenvalue weighted by Gasteiger charge is -2.16. The molecule has 0 aromatic heterocycles. The molecular formula is C15H24BrNO2. The average molecular weight is 330 g/mol. The molecule has 0 fully saturated rings. The molecular weight excluding hydrogens is 306 g/mol. The molecule has 0 bridgehead atoms. The molecule has 1 unspecified atom stereocenters. The molecule has 0 spiro atoms. The zero-order chi connectivity index (χ0) is 14.3. The van der Waals surface area contributed by atoms with E-state index in [-0.39, 0.29) is 6.10 Å². The van der Waals surface area contributed by atoms with E-state index in [2.05, 4.69) is 40.3 Å². The van der Waals surface area contributed by atoms with Crippen LogP contribution in [0.1, 0.15) is 37.8 Å². The lowest BCUT2D eigenvalue weighted by atomic mass is 10.1. The molecule has 1 rings (SSSR count). The van der Waals surface area contributed by atoms with Crippen molar-refractivity contribution in [2.24, 2.45) is 0 Å². The van der Waals surface area contributed by atoms with Crippen LogP contribution in [0.2, 0.25) is 0 Å². The Kier molecular flexibility index (Phi) is 7.42. The smallest absolute Gasteiger partial charge is 0.126 e. The van der Waals surface area contributed by atoms with Crippen molar-refractivity contribution in [3.8, 4) is 5.75 Å². The van der Waals surface area contributed by atoms with Gasteiger partial charge in [0.15, 0.2) is 0 Å². The van der Waals surface area contributed by atoms with Crippen LogP contribution in [0.15, 0.2) is 16.6 Å². The molecule has 0 amide bonds. The third-order valence-corrected chi connectivity index (χ3v) is 3.30. The third kappa shape index (κ3) is 5.93. The van der Waals surface area contributed by atoms with E-state index in [1.807, 2.05) is 6.92 Å². The highest BCUT2D eigenvalue weighted by atomic mass is 79.9. The van der Waals surface area contributed by atoms with Crippen molar-refractivity contribution in [2.75, 3.05) is 13.2 Å². The van der Waals surface area contributed by atoms with Crippen LogP contribution < -0.4 is 10.1 Å². The van der Waals surface area contributed by atoms with Crippen LogP contribution in [0.25, 0.3) is 0 Å². The first-order valence-corrected chi connectivity index (χ1v) is 7.64. The summed E-state index contributed by atoms with van der Waals surface area (Å²) >= 11 is 3.52. The Labute approximate surface area is 124 Å². The first-order chi connectivity index (χ1) is 9.04. The number of aliphatic hydroxyl groups is 1. The Hall–Kier alpha value is -0.580. The second kappa shape index (κ2) is 8.56. The first kappa shape index (κ1) is 16.5. The maximum Gasteiger partial charge on any atom is 0.126 e. The quantitative estimate of drug-likeness (QED) is 0.718. The number of aryl methyl sites for hydroxylation is 1. The predicted molar refractivity (Wildman–Crippen MR) is 82.7 cm³/mol. The molecule has 3 nitrogen and oxygen atoms in total. The van der Waals surface area contributed by atoms with Gasteiger partial charge >= 0.3 is 0 Å². The fourth-order valence-corrected chi connectivity index (χ4v) is 2.49. The summed E-state index contributed by atoms with van der Waals surface area (Å²) in [6.07, 6.45) is 1.44. The largest absolute Gasteiger partial charge is 0.493 e. The predicted octanol–water partition coefficient (Wildman–Crippen LogP) is 3.41. The fraction of sp³-hybridized carbons (Fsp3) is 0.600. The number of hydrogen-bond acceptors (Lipinski definition) is 3. The van der Waals surface area contributed by atoms with E-state index >= 15 is 0 Å². The van der Waals surface area contributed by atoms with Gasteiger partial charge in [-0.05, 0) is 44.5 Å². The van der Waals surface area contributed by atoms with Crippen molar-refractivity contribution in [1.82, 2.24) is 5.32 Å². The zero-order valence-corrected chi connectivity index (χ0v) is 13.6. The Morgan fingerprint density at radius 2 is 2.16 bits per heavy atom. The molecule has 1 aromatic carbocycles. The van der Waals surface area contributed by atoms with Gasteiger partial charge in [0.05, 0.1) is 12.7 Å². The maximum absolute atomic E-state index is 9.29. The Morgan fingerprint density at radius 3 is 2.79 bits per heavy atom. The SMILES string of the molecule is CCCNCc1cc(Br)cc(C)c1OCCC(C)O. The molecule has 0 radical (unpaired) electrons. The molecule has 0 aliphatic carbocycles. The highest BCUT2D eigenvalue weighted by Crippen LogP contribution is 2.28. The molecule has 0 saturated heterocycles. The fourth-order valence-electron chi connectivity index (χ4n) is 1.87. The van der Waals surface area contributed by atoms with Gasteiger partial charge in [-0.1, -0.05) is 22.9 Å². The standard InChI is InChI=1S/C15H24BrNO2/c1-4-6-17-10-13-9-14(16)8-11(2)15(13)19-7-5-12(3)18/h8-9,12,17-18H,4-7,10H2,1-3H3. The second-order valence-electron chi connectivity index (χ2n) is 4.87. The van der Waals surface area contributed by atoms with Gasteiger partial charge in [0.25, 0.3) is 0 Å². The van der Waals surface area contributed by atoms with Gasteiger partial charge in [-0.2, -0.15) is 0 Å². The van der Waals surface area contributed by atoms with Gasteiger partial charge in [0.1, 0.15) is 5.75 Å². The molecule has 0 saturated carbocycles. The molecule has 0 heterocycles. The number of rotatable bonds is 8. The van der Waals surface area contributed by atoms with Gasteiger partial charge in [-0.3, -0.25) is 0 Å². The van der Waals surface area contributed by atoms with Crippen LogP contribution in [0.5, 0.6) is 5.75 Å². The molecule has 0 aliphatic heterocycles. The maximum atomic E-state index is 9.29. The Morgan fingerprint density at radius 1 is 1.42 bits per heavy atom. The summed E-state index contributed by atoms with van der Waals surface area (Å²) < 4.78 is 6.91. The summed E-state index contributed by atoms with van der Waals surface area (Å²) in [5.41, 5.74) is 2.28. The molecule has 108 valence electrons. The summed E-state index contributed by atoms with van der Waals surface area (Å²) in [4.78, 5) is 0. The van der Waals surface area contributed by atoms with Crippen LogP contribution in [-0.2, 0) is 6.54 Å². The van der Waals surface area contributed by atoms with Crippen molar-refractivity contribution in [2.45, 2.75) is 46.3 Å². The van der Waals surface area contributed by atoms with Crippen LogP contribution in [-0.4, -0.2) is 24.4 Å². The summed E-state index contributed by atoms with van der Waals surface area (Å²) in [6, 6.07) is 4.15. The van der Waals surface area contributed by atoms with Gasteiger partial charge < -0.3 is 15.2 Å². The van der Waals surface area contributed by atoms with Crippen LogP contribution in [0, 0.1) is 6.92 Å². The number of ether oxygens (including phenoxy) is 1. The van der Waals surface area contributed by atoms with Gasteiger partial charge in [0, 0.05) is 23.0 Å². The van der Waals surface area contributed by atoms with Crippen LogP contribution in [0.4, 0.5) is 0 Å². The third-order valence-electron chi connectivity index (χ3n) is 2.84. The van der Waals surface area contributed by atoms with Crippen molar-refractivity contribution >= 4 is 15.9 Å². The van der Waals surface area contributed by atoms with E-state index in [1.165, 1.54) is 0 Å². The topological polar surface area (TPSA) is 41.5 Å². The molecule has 1 atom stereocenters. The molecule has 0 aliphatic rings. The normalized spacial score (nSPS) is 12.5. The van der Waals surface area contributed by atoms with Crippen molar-refractivity contribution in [1.29, 1.82) is 0 Å². The monoisotopic (exact) mass is 329 g/mol. The van der Waals surface area contributed by atoms with E-state index in [1.54, 1.807) is 6.92 Å². The minimum atomic E-state index is -0.322. The summed E-state index contributed by atoms with van der Waals surface area (Å²) in [5.74, 6) is 0.937. The van der Waals surface area contributed by atoms with Gasteiger partial charge in [-0.25, -0.2) is 0 Å². The van der Waals surface area contributed by atoms with Gasteiger partial charge in [0.2, 0.25) is 0 Å². The van der Waals surface area contributed by atoms with Crippen molar-refractivity contribution in [3.05, 3.63) is 27.7 Å². The second-order valence-corrected chi connectivity index (χ2v) is 5.79. The lowest BCUT2D eigenvalue weighted by molar-refractivity contribution is 0.155. The number of aliphatic hydroxyl groups excluding tert-OH is 1. The van der Waals surface area contributed by atoms with E-state index in [0.29, 0.717) is 13.0 Å². The number of halogens is 1. The zero-order valence-electron chi connectivity index (χ0n) is 12.0. The highest BCUT2D eigenvalue weighted by Gasteiger charge is 2.09. The summed E-state index contributed by atoms with van der Waals surface area (Å²) in [7, 11) is 0. The van der Waals surface area contributed by atoms with Crippen molar-refractivity contribution < 1.29 is 9.84 Å². The Bertz CT molecular complexity index is 394. The highest BCUT2D eigenvalue weighted by molar-refractivity contribution is 9.10. The van der Waals surface area contributed by atoms with E-state index in [0.717, 1.165) is 40.9 Å². The van der Waals surface area contributed by atoms with E-state index < -0.39 is 0 Å². The van der Waals surface area contributed by atoms with E-state index in [4.69, 9.17) is 4.74 Å². The van der Waals surface area contributed by atoms with Crippen LogP contribution >= 0.6 is 15.9 Å². The summed E-state index contributed by atoms with van der Waals surface area (Å²) in [5, 5.41) is 12.7. The van der Waals surface area contributed by atoms with E-state index in [9.17, 15) is 5.11 Å². The molecule has 19 heavy (non-hydrogen) atoms. The van der Waals surface area contributed by atoms with Gasteiger partial charge in [-0.15, -0.1) is 0 Å². The first-order valence-electron chi connectivity index (χ1n) is 6.85.